The molecule has 162 valence electrons. The monoisotopic (exact) mass is 474 g/mol. The third-order valence-electron chi connectivity index (χ3n) is 5.14. The fourth-order valence-corrected chi connectivity index (χ4v) is 3.27. The van der Waals surface area contributed by atoms with Crippen LogP contribution in [0.2, 0.25) is 0 Å². The van der Waals surface area contributed by atoms with E-state index in [0.717, 1.165) is 27.6 Å². The van der Waals surface area contributed by atoms with E-state index in [-0.39, 0.29) is 24.5 Å². The number of amides is 2. The summed E-state index contributed by atoms with van der Waals surface area (Å²) in [6.45, 7) is 9.90. The molecule has 2 aromatic rings. The molecule has 0 bridgehead atoms. The molecule has 5 nitrogen and oxygen atoms in total. The van der Waals surface area contributed by atoms with Crippen molar-refractivity contribution >= 4 is 27.7 Å². The van der Waals surface area contributed by atoms with Gasteiger partial charge in [0.15, 0.2) is 6.61 Å². The molecule has 0 heterocycles. The third kappa shape index (κ3) is 6.59. The van der Waals surface area contributed by atoms with E-state index >= 15 is 0 Å². The molecule has 0 radical (unpaired) electrons. The summed E-state index contributed by atoms with van der Waals surface area (Å²) >= 11 is 3.54. The molecule has 0 spiro atoms. The first-order valence-corrected chi connectivity index (χ1v) is 11.1. The topological polar surface area (TPSA) is 58.6 Å². The normalized spacial score (nSPS) is 12.7. The van der Waals surface area contributed by atoms with Gasteiger partial charge >= 0.3 is 0 Å². The molecule has 2 amide bonds. The number of ether oxygens (including phenoxy) is 1. The van der Waals surface area contributed by atoms with Crippen LogP contribution in [0, 0.1) is 13.8 Å². The standard InChI is InChI=1S/C24H31BrN2O3/c1-6-18(4)26-24(29)19(5)27(14-20-10-8-7-9-11-20)22(28)15-30-21-12-16(2)23(25)17(3)13-21/h7-13,18-19H,6,14-15H2,1-5H3,(H,26,29)/t18-,19+/m0/s1. The van der Waals surface area contributed by atoms with E-state index in [1.165, 1.54) is 0 Å². The van der Waals surface area contributed by atoms with Crippen LogP contribution >= 0.6 is 15.9 Å². The molecule has 2 atom stereocenters. The number of benzene rings is 2. The molecule has 0 fully saturated rings. The molecule has 0 saturated heterocycles. The Kier molecular flexibility index (Phi) is 8.90. The second kappa shape index (κ2) is 11.2. The number of halogens is 1. The van der Waals surface area contributed by atoms with Gasteiger partial charge in [0.2, 0.25) is 5.91 Å². The lowest BCUT2D eigenvalue weighted by Crippen LogP contribution is -2.50. The average molecular weight is 475 g/mol. The minimum absolute atomic E-state index is 0.0543. The first kappa shape index (κ1) is 23.9. The summed E-state index contributed by atoms with van der Waals surface area (Å²) in [7, 11) is 0. The second-order valence-electron chi connectivity index (χ2n) is 7.66. The Hall–Kier alpha value is -2.34. The van der Waals surface area contributed by atoms with Gasteiger partial charge in [-0.3, -0.25) is 9.59 Å². The molecular weight excluding hydrogens is 444 g/mol. The van der Waals surface area contributed by atoms with Crippen LogP contribution < -0.4 is 10.1 Å². The van der Waals surface area contributed by atoms with Crippen LogP contribution in [-0.4, -0.2) is 35.4 Å². The van der Waals surface area contributed by atoms with Gasteiger partial charge in [0.25, 0.3) is 5.91 Å². The number of hydrogen-bond donors (Lipinski definition) is 1. The fraction of sp³-hybridized carbons (Fsp3) is 0.417. The van der Waals surface area contributed by atoms with Crippen LogP contribution in [0.15, 0.2) is 46.9 Å². The number of carbonyl (C=O) groups is 2. The van der Waals surface area contributed by atoms with E-state index in [2.05, 4.69) is 21.2 Å². The summed E-state index contributed by atoms with van der Waals surface area (Å²) in [5, 5.41) is 2.97. The lowest BCUT2D eigenvalue weighted by Gasteiger charge is -2.29. The summed E-state index contributed by atoms with van der Waals surface area (Å²) < 4.78 is 6.82. The minimum atomic E-state index is -0.608. The molecule has 0 saturated carbocycles. The van der Waals surface area contributed by atoms with Crippen molar-refractivity contribution in [2.24, 2.45) is 0 Å². The van der Waals surface area contributed by atoms with Gasteiger partial charge in [0, 0.05) is 17.1 Å². The van der Waals surface area contributed by atoms with E-state index in [4.69, 9.17) is 4.74 Å². The fourth-order valence-electron chi connectivity index (χ4n) is 3.05. The van der Waals surface area contributed by atoms with Crippen molar-refractivity contribution in [2.75, 3.05) is 6.61 Å². The maximum atomic E-state index is 13.1. The zero-order valence-electron chi connectivity index (χ0n) is 18.4. The van der Waals surface area contributed by atoms with Gasteiger partial charge in [-0.05, 0) is 62.9 Å². The molecule has 2 rings (SSSR count). The minimum Gasteiger partial charge on any atom is -0.484 e. The van der Waals surface area contributed by atoms with Crippen molar-refractivity contribution < 1.29 is 14.3 Å². The van der Waals surface area contributed by atoms with Gasteiger partial charge in [0.1, 0.15) is 11.8 Å². The summed E-state index contributed by atoms with van der Waals surface area (Å²) in [6.07, 6.45) is 0.830. The Morgan fingerprint density at radius 3 is 2.27 bits per heavy atom. The first-order chi connectivity index (χ1) is 14.2. The molecule has 0 aliphatic rings. The molecule has 30 heavy (non-hydrogen) atoms. The maximum absolute atomic E-state index is 13.1. The van der Waals surface area contributed by atoms with Crippen molar-refractivity contribution in [3.8, 4) is 5.75 Å². The van der Waals surface area contributed by atoms with Crippen LogP contribution in [0.3, 0.4) is 0 Å². The van der Waals surface area contributed by atoms with Crippen molar-refractivity contribution in [3.63, 3.8) is 0 Å². The molecule has 0 aliphatic heterocycles. The number of nitrogens with zero attached hydrogens (tertiary/aromatic N) is 1. The number of aryl methyl sites for hydroxylation is 2. The van der Waals surface area contributed by atoms with Crippen LogP contribution in [0.4, 0.5) is 0 Å². The number of rotatable bonds is 9. The third-order valence-corrected chi connectivity index (χ3v) is 6.39. The Labute approximate surface area is 187 Å². The second-order valence-corrected chi connectivity index (χ2v) is 8.45. The number of carbonyl (C=O) groups excluding carboxylic acids is 2. The first-order valence-electron chi connectivity index (χ1n) is 10.3. The van der Waals surface area contributed by atoms with Gasteiger partial charge in [-0.15, -0.1) is 0 Å². The van der Waals surface area contributed by atoms with Gasteiger partial charge in [-0.2, -0.15) is 0 Å². The van der Waals surface area contributed by atoms with Crippen molar-refractivity contribution in [1.82, 2.24) is 10.2 Å². The highest BCUT2D eigenvalue weighted by atomic mass is 79.9. The van der Waals surface area contributed by atoms with Gasteiger partial charge in [-0.25, -0.2) is 0 Å². The molecular formula is C24H31BrN2O3. The average Bonchev–Trinajstić information content (AvgIpc) is 2.74. The van der Waals surface area contributed by atoms with Gasteiger partial charge < -0.3 is 15.0 Å². The van der Waals surface area contributed by atoms with E-state index in [9.17, 15) is 9.59 Å². The zero-order valence-corrected chi connectivity index (χ0v) is 20.0. The van der Waals surface area contributed by atoms with E-state index in [1.807, 2.05) is 70.2 Å². The van der Waals surface area contributed by atoms with E-state index in [0.29, 0.717) is 12.3 Å². The Balaban J connectivity index is 2.16. The van der Waals surface area contributed by atoms with Crippen LogP contribution in [0.25, 0.3) is 0 Å². The Bertz CT molecular complexity index is 847. The molecule has 0 aliphatic carbocycles. The predicted molar refractivity (Wildman–Crippen MR) is 123 cm³/mol. The lowest BCUT2D eigenvalue weighted by molar-refractivity contribution is -0.142. The highest BCUT2D eigenvalue weighted by Gasteiger charge is 2.27. The summed E-state index contributed by atoms with van der Waals surface area (Å²) in [4.78, 5) is 27.3. The van der Waals surface area contributed by atoms with Gasteiger partial charge in [0.05, 0.1) is 0 Å². The largest absolute Gasteiger partial charge is 0.484 e. The SMILES string of the molecule is CC[C@H](C)NC(=O)[C@@H](C)N(Cc1ccccc1)C(=O)COc1cc(C)c(Br)c(C)c1. The van der Waals surface area contributed by atoms with E-state index in [1.54, 1.807) is 11.8 Å². The quantitative estimate of drug-likeness (QED) is 0.568. The van der Waals surface area contributed by atoms with E-state index < -0.39 is 6.04 Å². The highest BCUT2D eigenvalue weighted by molar-refractivity contribution is 9.10. The number of hydrogen-bond acceptors (Lipinski definition) is 3. The Morgan fingerprint density at radius 1 is 1.10 bits per heavy atom. The predicted octanol–water partition coefficient (Wildman–Crippen LogP) is 4.78. The smallest absolute Gasteiger partial charge is 0.261 e. The van der Waals surface area contributed by atoms with Gasteiger partial charge in [-0.1, -0.05) is 53.2 Å². The molecule has 0 aromatic heterocycles. The summed E-state index contributed by atoms with van der Waals surface area (Å²) in [6, 6.07) is 12.9. The van der Waals surface area contributed by atoms with Crippen LogP contribution in [-0.2, 0) is 16.1 Å². The maximum Gasteiger partial charge on any atom is 0.261 e. The van der Waals surface area contributed by atoms with Crippen LogP contribution in [0.5, 0.6) is 5.75 Å². The number of nitrogens with one attached hydrogen (secondary N) is 1. The molecule has 0 unspecified atom stereocenters. The highest BCUT2D eigenvalue weighted by Crippen LogP contribution is 2.26. The molecule has 2 aromatic carbocycles. The lowest BCUT2D eigenvalue weighted by atomic mass is 10.1. The van der Waals surface area contributed by atoms with Crippen molar-refractivity contribution in [1.29, 1.82) is 0 Å². The van der Waals surface area contributed by atoms with Crippen molar-refractivity contribution in [2.45, 2.75) is 59.7 Å². The van der Waals surface area contributed by atoms with Crippen molar-refractivity contribution in [3.05, 3.63) is 63.6 Å². The molecule has 6 heteroatoms. The summed E-state index contributed by atoms with van der Waals surface area (Å²) in [5.41, 5.74) is 3.05. The van der Waals surface area contributed by atoms with Crippen LogP contribution in [0.1, 0.15) is 43.9 Å². The summed E-state index contributed by atoms with van der Waals surface area (Å²) in [5.74, 6) is 0.241. The molecule has 1 N–H and O–H groups in total. The Morgan fingerprint density at radius 2 is 1.70 bits per heavy atom. The zero-order chi connectivity index (χ0) is 22.3.